The Morgan fingerprint density at radius 2 is 2.10 bits per heavy atom. The molecule has 152 valence electrons. The average molecular weight is 420 g/mol. The lowest BCUT2D eigenvalue weighted by Gasteiger charge is -2.25. The van der Waals surface area contributed by atoms with E-state index in [1.165, 1.54) is 0 Å². The highest BCUT2D eigenvalue weighted by molar-refractivity contribution is 8.14. The van der Waals surface area contributed by atoms with Gasteiger partial charge in [-0.15, -0.1) is 0 Å². The van der Waals surface area contributed by atoms with Gasteiger partial charge in [0.15, 0.2) is 5.17 Å². The van der Waals surface area contributed by atoms with Gasteiger partial charge in [0.2, 0.25) is 0 Å². The molecule has 0 spiro atoms. The number of carboxylic acids is 1. The minimum Gasteiger partial charge on any atom is -0.478 e. The number of pyridine rings is 1. The molecule has 0 radical (unpaired) electrons. The Kier molecular flexibility index (Phi) is 4.62. The van der Waals surface area contributed by atoms with Crippen LogP contribution in [0.4, 0.5) is 0 Å². The molecular weight excluding hydrogens is 398 g/mol. The van der Waals surface area contributed by atoms with Crippen LogP contribution in [0.5, 0.6) is 0 Å². The number of carboxylic acid groups (broad SMARTS) is 1. The highest BCUT2D eigenvalue weighted by Crippen LogP contribution is 2.48. The molecule has 2 aliphatic rings. The van der Waals surface area contributed by atoms with Crippen molar-refractivity contribution in [3.05, 3.63) is 77.3 Å². The van der Waals surface area contributed by atoms with E-state index in [9.17, 15) is 9.90 Å². The van der Waals surface area contributed by atoms with Crippen LogP contribution < -0.4 is 0 Å². The van der Waals surface area contributed by atoms with Gasteiger partial charge in [-0.05, 0) is 48.9 Å². The Morgan fingerprint density at radius 3 is 2.83 bits per heavy atom. The van der Waals surface area contributed by atoms with Crippen LogP contribution in [-0.2, 0) is 0 Å². The van der Waals surface area contributed by atoms with Crippen molar-refractivity contribution in [2.45, 2.75) is 31.2 Å². The molecular formula is C23H21N3O3S. The fourth-order valence-corrected chi connectivity index (χ4v) is 5.25. The Bertz CT molecular complexity index is 1140. The van der Waals surface area contributed by atoms with Crippen molar-refractivity contribution in [1.29, 1.82) is 0 Å². The number of aromatic nitrogens is 1. The van der Waals surface area contributed by atoms with E-state index < -0.39 is 5.97 Å². The summed E-state index contributed by atoms with van der Waals surface area (Å²) in [5.74, 6) is 0.641. The molecule has 30 heavy (non-hydrogen) atoms. The summed E-state index contributed by atoms with van der Waals surface area (Å²) in [6, 6.07) is 14.8. The molecule has 2 aliphatic heterocycles. The number of aromatic carboxylic acids is 1. The van der Waals surface area contributed by atoms with Crippen molar-refractivity contribution in [1.82, 2.24) is 9.88 Å². The Hall–Kier alpha value is -3.06. The van der Waals surface area contributed by atoms with Crippen molar-refractivity contribution < 1.29 is 14.3 Å². The number of furan rings is 1. The summed E-state index contributed by atoms with van der Waals surface area (Å²) in [6.07, 6.45) is 1.80. The lowest BCUT2D eigenvalue weighted by atomic mass is 10.0. The third-order valence-electron chi connectivity index (χ3n) is 5.54. The highest BCUT2D eigenvalue weighted by atomic mass is 32.2. The molecule has 6 nitrogen and oxygen atoms in total. The predicted molar refractivity (Wildman–Crippen MR) is 117 cm³/mol. The maximum atomic E-state index is 11.2. The first-order valence-electron chi connectivity index (χ1n) is 9.87. The molecule has 4 heterocycles. The van der Waals surface area contributed by atoms with E-state index in [4.69, 9.17) is 9.41 Å². The van der Waals surface area contributed by atoms with Crippen molar-refractivity contribution in [2.75, 3.05) is 6.54 Å². The first kappa shape index (κ1) is 18.9. The summed E-state index contributed by atoms with van der Waals surface area (Å²) >= 11 is 1.79. The molecule has 0 bridgehead atoms. The number of nitrogens with zero attached hydrogens (tertiary/aromatic N) is 3. The zero-order valence-corrected chi connectivity index (χ0v) is 17.5. The number of thioether (sulfide) groups is 1. The van der Waals surface area contributed by atoms with Gasteiger partial charge in [0, 0.05) is 23.6 Å². The second-order valence-corrected chi connectivity index (χ2v) is 9.08. The largest absolute Gasteiger partial charge is 0.478 e. The van der Waals surface area contributed by atoms with E-state index in [2.05, 4.69) is 16.8 Å². The minimum atomic E-state index is -0.931. The van der Waals surface area contributed by atoms with Crippen LogP contribution in [0.15, 0.2) is 64.1 Å². The molecule has 1 fully saturated rings. The van der Waals surface area contributed by atoms with Gasteiger partial charge in [-0.3, -0.25) is 4.98 Å². The Balaban J connectivity index is 1.52. The van der Waals surface area contributed by atoms with Gasteiger partial charge in [0.05, 0.1) is 11.3 Å². The molecule has 1 saturated heterocycles. The standard InChI is InChI=1S/C23H21N3O3S/c1-13-11-15(22(27)28)6-7-16(13)18-8-9-19(29-18)21-20(17-5-3-4-10-24-17)25-23-26(21)12-14(2)30-23/h3-11,14,20-21H,12H2,1-2H3,(H,27,28). The van der Waals surface area contributed by atoms with E-state index in [1.54, 1.807) is 30.1 Å². The molecule has 3 unspecified atom stereocenters. The van der Waals surface area contributed by atoms with Crippen molar-refractivity contribution in [2.24, 2.45) is 4.99 Å². The molecule has 1 N–H and O–H groups in total. The number of carbonyl (C=O) groups is 1. The van der Waals surface area contributed by atoms with E-state index in [0.717, 1.165) is 40.1 Å². The number of hydrogen-bond donors (Lipinski definition) is 1. The average Bonchev–Trinajstić information content (AvgIpc) is 3.42. The topological polar surface area (TPSA) is 78.9 Å². The number of fused-ring (bicyclic) bond motifs is 1. The first-order valence-corrected chi connectivity index (χ1v) is 10.8. The van der Waals surface area contributed by atoms with Crippen LogP contribution in [-0.4, -0.2) is 37.9 Å². The van der Waals surface area contributed by atoms with E-state index in [-0.39, 0.29) is 17.6 Å². The van der Waals surface area contributed by atoms with Crippen LogP contribution in [0.25, 0.3) is 11.3 Å². The lowest BCUT2D eigenvalue weighted by molar-refractivity contribution is 0.0697. The second-order valence-electron chi connectivity index (χ2n) is 7.67. The van der Waals surface area contributed by atoms with E-state index in [1.807, 2.05) is 43.3 Å². The van der Waals surface area contributed by atoms with Crippen molar-refractivity contribution in [3.8, 4) is 11.3 Å². The molecule has 3 atom stereocenters. The van der Waals surface area contributed by atoms with Gasteiger partial charge in [0.25, 0.3) is 0 Å². The minimum absolute atomic E-state index is 0.0419. The van der Waals surface area contributed by atoms with E-state index >= 15 is 0 Å². The van der Waals surface area contributed by atoms with Crippen LogP contribution in [0.1, 0.15) is 46.4 Å². The quantitative estimate of drug-likeness (QED) is 0.645. The van der Waals surface area contributed by atoms with E-state index in [0.29, 0.717) is 5.25 Å². The molecule has 0 saturated carbocycles. The number of aliphatic imine (C=N–C) groups is 1. The van der Waals surface area contributed by atoms with Crippen LogP contribution >= 0.6 is 11.8 Å². The van der Waals surface area contributed by atoms with Crippen LogP contribution in [0, 0.1) is 6.92 Å². The molecule has 0 aliphatic carbocycles. The number of aryl methyl sites for hydroxylation is 1. The summed E-state index contributed by atoms with van der Waals surface area (Å²) in [5, 5.41) is 10.7. The molecule has 1 aromatic carbocycles. The fraction of sp³-hybridized carbons (Fsp3) is 0.261. The number of benzene rings is 1. The van der Waals surface area contributed by atoms with Gasteiger partial charge in [-0.25, -0.2) is 9.79 Å². The van der Waals surface area contributed by atoms with Gasteiger partial charge < -0.3 is 14.4 Å². The molecule has 2 aromatic heterocycles. The Labute approximate surface area is 178 Å². The molecule has 0 amide bonds. The number of rotatable bonds is 4. The number of hydrogen-bond acceptors (Lipinski definition) is 6. The monoisotopic (exact) mass is 419 g/mol. The zero-order valence-electron chi connectivity index (χ0n) is 16.6. The van der Waals surface area contributed by atoms with Crippen LogP contribution in [0.3, 0.4) is 0 Å². The normalized spacial score (nSPS) is 22.8. The maximum Gasteiger partial charge on any atom is 0.335 e. The smallest absolute Gasteiger partial charge is 0.335 e. The Morgan fingerprint density at radius 1 is 1.23 bits per heavy atom. The summed E-state index contributed by atoms with van der Waals surface area (Å²) in [7, 11) is 0. The van der Waals surface area contributed by atoms with Crippen LogP contribution in [0.2, 0.25) is 0 Å². The summed E-state index contributed by atoms with van der Waals surface area (Å²) in [4.78, 5) is 23.1. The highest BCUT2D eigenvalue weighted by Gasteiger charge is 2.45. The molecule has 3 aromatic rings. The summed E-state index contributed by atoms with van der Waals surface area (Å²) in [6.45, 7) is 5.02. The molecule has 7 heteroatoms. The SMILES string of the molecule is Cc1cc(C(=O)O)ccc1-c1ccc(C2C(c3ccccn3)N=C3SC(C)CN32)o1. The second kappa shape index (κ2) is 7.32. The summed E-state index contributed by atoms with van der Waals surface area (Å²) in [5.41, 5.74) is 2.96. The van der Waals surface area contributed by atoms with Gasteiger partial charge >= 0.3 is 5.97 Å². The van der Waals surface area contributed by atoms with Crippen molar-refractivity contribution >= 4 is 22.9 Å². The molecule has 5 rings (SSSR count). The van der Waals surface area contributed by atoms with Gasteiger partial charge in [0.1, 0.15) is 23.6 Å². The fourth-order valence-electron chi connectivity index (χ4n) is 4.15. The zero-order chi connectivity index (χ0) is 20.8. The van der Waals surface area contributed by atoms with Crippen molar-refractivity contribution in [3.63, 3.8) is 0 Å². The third kappa shape index (κ3) is 3.19. The maximum absolute atomic E-state index is 11.2. The number of amidine groups is 1. The predicted octanol–water partition coefficient (Wildman–Crippen LogP) is 4.94. The van der Waals surface area contributed by atoms with Gasteiger partial charge in [-0.1, -0.05) is 30.8 Å². The lowest BCUT2D eigenvalue weighted by Crippen LogP contribution is -2.28. The van der Waals surface area contributed by atoms with Gasteiger partial charge in [-0.2, -0.15) is 0 Å². The third-order valence-corrected chi connectivity index (χ3v) is 6.64. The first-order chi connectivity index (χ1) is 14.5. The summed E-state index contributed by atoms with van der Waals surface area (Å²) < 4.78 is 6.33.